The van der Waals surface area contributed by atoms with E-state index < -0.39 is 29.3 Å². The van der Waals surface area contributed by atoms with Gasteiger partial charge >= 0.3 is 12.1 Å². The Bertz CT molecular complexity index is 388. The van der Waals surface area contributed by atoms with Crippen LogP contribution in [0.3, 0.4) is 0 Å². The maximum Gasteiger partial charge on any atom is 0.408 e. The Morgan fingerprint density at radius 1 is 1.00 bits per heavy atom. The molecule has 0 spiro atoms. The van der Waals surface area contributed by atoms with Gasteiger partial charge in [0.2, 0.25) is 0 Å². The molecule has 21 heavy (non-hydrogen) atoms. The summed E-state index contributed by atoms with van der Waals surface area (Å²) in [6, 6.07) is -0.782. The average molecular weight is 299 g/mol. The molecule has 2 atom stereocenters. The highest BCUT2D eigenvalue weighted by Gasteiger charge is 2.31. The molecule has 1 amide bonds. The van der Waals surface area contributed by atoms with Gasteiger partial charge in [-0.05, 0) is 48.5 Å². The average Bonchev–Trinajstić information content (AvgIpc) is 2.20. The van der Waals surface area contributed by atoms with E-state index in [1.807, 2.05) is 26.0 Å². The Hall–Kier alpha value is -1.52. The Morgan fingerprint density at radius 3 is 1.86 bits per heavy atom. The SMILES string of the molecule is C/C=C/[C@H](C)[C@H](NC(=O)OC(C)(C)C)C(=O)OC(C)(C)C. The predicted octanol–water partition coefficient (Wildman–Crippen LogP) is 3.43. The molecule has 0 saturated heterocycles. The lowest BCUT2D eigenvalue weighted by atomic mass is 10.0. The maximum absolute atomic E-state index is 12.2. The topological polar surface area (TPSA) is 64.6 Å². The summed E-state index contributed by atoms with van der Waals surface area (Å²) in [4.78, 5) is 24.1. The Kier molecular flexibility index (Phi) is 6.94. The largest absolute Gasteiger partial charge is 0.458 e. The number of alkyl carbamates (subject to hydrolysis) is 1. The highest BCUT2D eigenvalue weighted by molar-refractivity contribution is 5.82. The summed E-state index contributed by atoms with van der Waals surface area (Å²) in [5.41, 5.74) is -1.23. The minimum atomic E-state index is -0.782. The number of ether oxygens (including phenoxy) is 2. The first-order valence-electron chi connectivity index (χ1n) is 7.21. The van der Waals surface area contributed by atoms with Crippen molar-refractivity contribution >= 4 is 12.1 Å². The van der Waals surface area contributed by atoms with E-state index in [1.54, 1.807) is 41.5 Å². The molecule has 0 saturated carbocycles. The number of rotatable bonds is 4. The van der Waals surface area contributed by atoms with Crippen LogP contribution in [-0.4, -0.2) is 29.3 Å². The van der Waals surface area contributed by atoms with E-state index in [4.69, 9.17) is 9.47 Å². The van der Waals surface area contributed by atoms with Crippen LogP contribution in [0.4, 0.5) is 4.79 Å². The van der Waals surface area contributed by atoms with E-state index in [0.29, 0.717) is 0 Å². The van der Waals surface area contributed by atoms with Crippen LogP contribution in [0.5, 0.6) is 0 Å². The molecule has 5 heteroatoms. The third-order valence-corrected chi connectivity index (χ3v) is 2.35. The molecule has 0 aromatic carbocycles. The quantitative estimate of drug-likeness (QED) is 0.638. The van der Waals surface area contributed by atoms with Crippen LogP contribution in [0.25, 0.3) is 0 Å². The minimum Gasteiger partial charge on any atom is -0.458 e. The molecule has 1 N–H and O–H groups in total. The van der Waals surface area contributed by atoms with Crippen molar-refractivity contribution in [3.05, 3.63) is 12.2 Å². The van der Waals surface area contributed by atoms with Crippen LogP contribution < -0.4 is 5.32 Å². The molecule has 0 bridgehead atoms. The molecule has 0 heterocycles. The van der Waals surface area contributed by atoms with Crippen molar-refractivity contribution in [1.29, 1.82) is 0 Å². The highest BCUT2D eigenvalue weighted by Crippen LogP contribution is 2.15. The molecule has 0 aliphatic rings. The van der Waals surface area contributed by atoms with Crippen molar-refractivity contribution < 1.29 is 19.1 Å². The summed E-state index contributed by atoms with van der Waals surface area (Å²) in [7, 11) is 0. The van der Waals surface area contributed by atoms with Crippen LogP contribution in [0.2, 0.25) is 0 Å². The lowest BCUT2D eigenvalue weighted by Gasteiger charge is -2.28. The first kappa shape index (κ1) is 19.5. The van der Waals surface area contributed by atoms with Gasteiger partial charge in [0, 0.05) is 5.92 Å². The lowest BCUT2D eigenvalue weighted by molar-refractivity contribution is -0.158. The Labute approximate surface area is 128 Å². The monoisotopic (exact) mass is 299 g/mol. The van der Waals surface area contributed by atoms with Crippen molar-refractivity contribution in [3.8, 4) is 0 Å². The molecular weight excluding hydrogens is 270 g/mol. The summed E-state index contributed by atoms with van der Waals surface area (Å²) < 4.78 is 10.6. The summed E-state index contributed by atoms with van der Waals surface area (Å²) in [5.74, 6) is -0.670. The number of hydrogen-bond acceptors (Lipinski definition) is 4. The van der Waals surface area contributed by atoms with E-state index >= 15 is 0 Å². The molecular formula is C16H29NO4. The van der Waals surface area contributed by atoms with Gasteiger partial charge in [0.05, 0.1) is 0 Å². The van der Waals surface area contributed by atoms with Crippen LogP contribution >= 0.6 is 0 Å². The second kappa shape index (κ2) is 7.48. The smallest absolute Gasteiger partial charge is 0.408 e. The molecule has 0 aliphatic heterocycles. The minimum absolute atomic E-state index is 0.197. The van der Waals surface area contributed by atoms with Gasteiger partial charge in [-0.1, -0.05) is 19.1 Å². The standard InChI is InChI=1S/C16H29NO4/c1-9-10-11(2)12(13(18)20-15(3,4)5)17-14(19)21-16(6,7)8/h9-12H,1-8H3,(H,17,19)/b10-9+/t11-,12-/m0/s1. The van der Waals surface area contributed by atoms with Gasteiger partial charge < -0.3 is 14.8 Å². The van der Waals surface area contributed by atoms with E-state index in [9.17, 15) is 9.59 Å². The van der Waals surface area contributed by atoms with Gasteiger partial charge in [-0.3, -0.25) is 0 Å². The predicted molar refractivity (Wildman–Crippen MR) is 83.0 cm³/mol. The van der Waals surface area contributed by atoms with E-state index in [1.165, 1.54) is 0 Å². The zero-order valence-electron chi connectivity index (χ0n) is 14.4. The fraction of sp³-hybridized carbons (Fsp3) is 0.750. The fourth-order valence-electron chi connectivity index (χ4n) is 1.62. The molecule has 0 fully saturated rings. The van der Waals surface area contributed by atoms with Gasteiger partial charge in [-0.2, -0.15) is 0 Å². The molecule has 0 radical (unpaired) electrons. The zero-order valence-corrected chi connectivity index (χ0v) is 14.4. The number of nitrogens with one attached hydrogen (secondary N) is 1. The van der Waals surface area contributed by atoms with E-state index in [0.717, 1.165) is 0 Å². The number of carbonyl (C=O) groups is 2. The summed E-state index contributed by atoms with van der Waals surface area (Å²) >= 11 is 0. The van der Waals surface area contributed by atoms with E-state index in [2.05, 4.69) is 5.32 Å². The molecule has 0 unspecified atom stereocenters. The maximum atomic E-state index is 12.2. The number of carbonyl (C=O) groups excluding carboxylic acids is 2. The first-order valence-corrected chi connectivity index (χ1v) is 7.21. The van der Waals surface area contributed by atoms with Crippen LogP contribution in [0.1, 0.15) is 55.4 Å². The normalized spacial score (nSPS) is 15.4. The Balaban J connectivity index is 4.99. The van der Waals surface area contributed by atoms with Crippen LogP contribution in [0.15, 0.2) is 12.2 Å². The first-order chi connectivity index (χ1) is 9.35. The molecule has 5 nitrogen and oxygen atoms in total. The van der Waals surface area contributed by atoms with Gasteiger partial charge in [0.25, 0.3) is 0 Å². The van der Waals surface area contributed by atoms with Gasteiger partial charge in [0.1, 0.15) is 17.2 Å². The number of hydrogen-bond donors (Lipinski definition) is 1. The van der Waals surface area contributed by atoms with E-state index in [-0.39, 0.29) is 5.92 Å². The number of allylic oxidation sites excluding steroid dienone is 1. The van der Waals surface area contributed by atoms with Crippen molar-refractivity contribution in [1.82, 2.24) is 5.32 Å². The third-order valence-electron chi connectivity index (χ3n) is 2.35. The second-order valence-electron chi connectivity index (χ2n) is 7.04. The van der Waals surface area contributed by atoms with Crippen molar-refractivity contribution in [3.63, 3.8) is 0 Å². The van der Waals surface area contributed by atoms with Gasteiger partial charge in [-0.25, -0.2) is 9.59 Å². The zero-order chi connectivity index (χ0) is 16.8. The Morgan fingerprint density at radius 2 is 1.48 bits per heavy atom. The van der Waals surface area contributed by atoms with Gasteiger partial charge in [-0.15, -0.1) is 0 Å². The van der Waals surface area contributed by atoms with Crippen molar-refractivity contribution in [2.45, 2.75) is 72.6 Å². The lowest BCUT2D eigenvalue weighted by Crippen LogP contribution is -2.48. The molecule has 0 aromatic heterocycles. The van der Waals surface area contributed by atoms with Gasteiger partial charge in [0.15, 0.2) is 0 Å². The van der Waals surface area contributed by atoms with Crippen molar-refractivity contribution in [2.24, 2.45) is 5.92 Å². The number of amides is 1. The molecule has 0 aromatic rings. The van der Waals surface area contributed by atoms with Crippen LogP contribution in [-0.2, 0) is 14.3 Å². The van der Waals surface area contributed by atoms with Crippen molar-refractivity contribution in [2.75, 3.05) is 0 Å². The molecule has 0 aliphatic carbocycles. The third kappa shape index (κ3) is 9.10. The molecule has 0 rings (SSSR count). The number of esters is 1. The second-order valence-corrected chi connectivity index (χ2v) is 7.04. The summed E-state index contributed by atoms with van der Waals surface area (Å²) in [6.45, 7) is 14.4. The fourth-order valence-corrected chi connectivity index (χ4v) is 1.62. The van der Waals surface area contributed by atoms with Crippen LogP contribution in [0, 0.1) is 5.92 Å². The molecule has 122 valence electrons. The summed E-state index contributed by atoms with van der Waals surface area (Å²) in [5, 5.41) is 2.59. The summed E-state index contributed by atoms with van der Waals surface area (Å²) in [6.07, 6.45) is 3.04. The highest BCUT2D eigenvalue weighted by atomic mass is 16.6.